The number of carbonyl (C=O) groups is 2. The van der Waals surface area contributed by atoms with Gasteiger partial charge in [-0.1, -0.05) is 0 Å². The lowest BCUT2D eigenvalue weighted by molar-refractivity contribution is 0.0696. The number of aryl methyl sites for hydroxylation is 1. The molecule has 0 radical (unpaired) electrons. The average Bonchev–Trinajstić information content (AvgIpc) is 2.16. The summed E-state index contributed by atoms with van der Waals surface area (Å²) in [5.74, 6) is -2.47. The first-order chi connectivity index (χ1) is 6.97. The van der Waals surface area contributed by atoms with E-state index in [9.17, 15) is 9.59 Å². The second kappa shape index (κ2) is 4.31. The van der Waals surface area contributed by atoms with Crippen LogP contribution in [0.2, 0.25) is 0 Å². The van der Waals surface area contributed by atoms with Crippen LogP contribution in [0.5, 0.6) is 0 Å². The fourth-order valence-electron chi connectivity index (χ4n) is 1.34. The van der Waals surface area contributed by atoms with Crippen molar-refractivity contribution < 1.29 is 19.8 Å². The van der Waals surface area contributed by atoms with Gasteiger partial charge < -0.3 is 10.2 Å². The summed E-state index contributed by atoms with van der Waals surface area (Å²) in [5.41, 5.74) is 0.616. The van der Waals surface area contributed by atoms with Crippen LogP contribution in [0.25, 0.3) is 0 Å². The quantitative estimate of drug-likeness (QED) is 0.778. The minimum absolute atomic E-state index is 0.0533. The lowest BCUT2D eigenvalue weighted by atomic mass is 9.99. The number of alkyl halides is 1. The fourth-order valence-corrected chi connectivity index (χ4v) is 1.63. The van der Waals surface area contributed by atoms with Crippen molar-refractivity contribution in [2.75, 3.05) is 0 Å². The van der Waals surface area contributed by atoms with Crippen LogP contribution in [0, 0.1) is 6.92 Å². The van der Waals surface area contributed by atoms with Crippen LogP contribution in [0.3, 0.4) is 0 Å². The van der Waals surface area contributed by atoms with Crippen molar-refractivity contribution in [3.05, 3.63) is 34.4 Å². The molecule has 0 heterocycles. The fraction of sp³-hybridized carbons (Fsp3) is 0.200. The van der Waals surface area contributed by atoms with Crippen molar-refractivity contribution in [1.29, 1.82) is 0 Å². The molecule has 0 spiro atoms. The zero-order valence-corrected chi connectivity index (χ0v) is 8.71. The number of carboxylic acid groups (broad SMARTS) is 2. The number of rotatable bonds is 3. The van der Waals surface area contributed by atoms with Crippen molar-refractivity contribution in [3.8, 4) is 0 Å². The molecule has 2 N–H and O–H groups in total. The summed E-state index contributed by atoms with van der Waals surface area (Å²) in [6, 6.07) is 2.82. The van der Waals surface area contributed by atoms with Gasteiger partial charge in [-0.2, -0.15) is 0 Å². The van der Waals surface area contributed by atoms with Gasteiger partial charge in [0.05, 0.1) is 11.1 Å². The maximum Gasteiger partial charge on any atom is 0.336 e. The van der Waals surface area contributed by atoms with Gasteiger partial charge in [-0.15, -0.1) is 11.6 Å². The molecule has 0 saturated carbocycles. The van der Waals surface area contributed by atoms with Gasteiger partial charge >= 0.3 is 11.9 Å². The minimum atomic E-state index is -1.17. The van der Waals surface area contributed by atoms with E-state index in [2.05, 4.69) is 0 Å². The Kier molecular flexibility index (Phi) is 3.31. The molecule has 4 nitrogen and oxygen atoms in total. The van der Waals surface area contributed by atoms with E-state index in [1.165, 1.54) is 12.1 Å². The zero-order chi connectivity index (χ0) is 11.6. The van der Waals surface area contributed by atoms with E-state index >= 15 is 0 Å². The van der Waals surface area contributed by atoms with Crippen molar-refractivity contribution in [2.24, 2.45) is 0 Å². The van der Waals surface area contributed by atoms with Crippen molar-refractivity contribution in [1.82, 2.24) is 0 Å². The summed E-state index contributed by atoms with van der Waals surface area (Å²) in [7, 11) is 0. The first-order valence-corrected chi connectivity index (χ1v) is 4.67. The second-order valence-electron chi connectivity index (χ2n) is 3.08. The molecule has 0 aliphatic carbocycles. The van der Waals surface area contributed by atoms with Gasteiger partial charge in [-0.05, 0) is 30.2 Å². The summed E-state index contributed by atoms with van der Waals surface area (Å²) in [6.07, 6.45) is 0. The van der Waals surface area contributed by atoms with E-state index in [4.69, 9.17) is 21.8 Å². The number of benzene rings is 1. The second-order valence-corrected chi connectivity index (χ2v) is 3.35. The number of halogens is 1. The third-order valence-electron chi connectivity index (χ3n) is 1.99. The Morgan fingerprint density at radius 1 is 1.20 bits per heavy atom. The summed E-state index contributed by atoms with van der Waals surface area (Å²) in [6.45, 7) is 1.64. The Balaban J connectivity index is 3.52. The van der Waals surface area contributed by atoms with E-state index in [0.717, 1.165) is 0 Å². The molecular formula is C10H9ClO4. The van der Waals surface area contributed by atoms with Crippen LogP contribution in [0.4, 0.5) is 0 Å². The van der Waals surface area contributed by atoms with E-state index in [0.29, 0.717) is 5.56 Å². The average molecular weight is 229 g/mol. The van der Waals surface area contributed by atoms with Crippen LogP contribution in [-0.4, -0.2) is 22.2 Å². The molecule has 1 aromatic carbocycles. The van der Waals surface area contributed by atoms with Crippen LogP contribution < -0.4 is 0 Å². The molecule has 0 bridgehead atoms. The molecule has 0 aliphatic heterocycles. The Hall–Kier alpha value is -1.55. The van der Waals surface area contributed by atoms with E-state index in [-0.39, 0.29) is 22.6 Å². The molecular weight excluding hydrogens is 220 g/mol. The molecule has 5 heteroatoms. The molecule has 15 heavy (non-hydrogen) atoms. The Morgan fingerprint density at radius 3 is 1.87 bits per heavy atom. The molecule has 0 saturated heterocycles. The van der Waals surface area contributed by atoms with Gasteiger partial charge in [0.15, 0.2) is 0 Å². The number of hydrogen-bond donors (Lipinski definition) is 2. The molecule has 1 rings (SSSR count). The molecule has 0 atom stereocenters. The van der Waals surface area contributed by atoms with Gasteiger partial charge in [0, 0.05) is 5.88 Å². The normalized spacial score (nSPS) is 10.0. The zero-order valence-electron chi connectivity index (χ0n) is 7.95. The lowest BCUT2D eigenvalue weighted by Crippen LogP contribution is -2.09. The van der Waals surface area contributed by atoms with Crippen LogP contribution in [-0.2, 0) is 5.88 Å². The van der Waals surface area contributed by atoms with Gasteiger partial charge in [0.2, 0.25) is 0 Å². The van der Waals surface area contributed by atoms with E-state index in [1.54, 1.807) is 6.92 Å². The molecule has 0 fully saturated rings. The standard InChI is InChI=1S/C10H9ClO4/c1-5-2-6(9(12)13)8(4-11)7(3-5)10(14)15/h2-3H,4H2,1H3,(H,12,13)(H,14,15). The molecule has 80 valence electrons. The van der Waals surface area contributed by atoms with Gasteiger partial charge in [0.1, 0.15) is 0 Å². The molecule has 0 unspecified atom stereocenters. The maximum absolute atomic E-state index is 10.9. The molecule has 0 amide bonds. The lowest BCUT2D eigenvalue weighted by Gasteiger charge is -2.08. The summed E-state index contributed by atoms with van der Waals surface area (Å²) in [4.78, 5) is 21.7. The largest absolute Gasteiger partial charge is 0.478 e. The monoisotopic (exact) mass is 228 g/mol. The van der Waals surface area contributed by atoms with Crippen LogP contribution >= 0.6 is 11.6 Å². The Bertz CT molecular complexity index is 390. The summed E-state index contributed by atoms with van der Waals surface area (Å²) in [5, 5.41) is 17.8. The van der Waals surface area contributed by atoms with Crippen molar-refractivity contribution in [3.63, 3.8) is 0 Å². The topological polar surface area (TPSA) is 74.6 Å². The smallest absolute Gasteiger partial charge is 0.336 e. The van der Waals surface area contributed by atoms with Gasteiger partial charge in [-0.3, -0.25) is 0 Å². The minimum Gasteiger partial charge on any atom is -0.478 e. The van der Waals surface area contributed by atoms with Crippen LogP contribution in [0.15, 0.2) is 12.1 Å². The van der Waals surface area contributed by atoms with Crippen molar-refractivity contribution in [2.45, 2.75) is 12.8 Å². The van der Waals surface area contributed by atoms with Crippen molar-refractivity contribution >= 4 is 23.5 Å². The van der Waals surface area contributed by atoms with E-state index < -0.39 is 11.9 Å². The predicted octanol–water partition coefficient (Wildman–Crippen LogP) is 2.13. The Labute approximate surface area is 91.1 Å². The highest BCUT2D eigenvalue weighted by molar-refractivity contribution is 6.18. The first-order valence-electron chi connectivity index (χ1n) is 4.13. The van der Waals surface area contributed by atoms with Gasteiger partial charge in [0.25, 0.3) is 0 Å². The first kappa shape index (κ1) is 11.5. The summed E-state index contributed by atoms with van der Waals surface area (Å²) >= 11 is 5.55. The molecule has 0 aromatic heterocycles. The van der Waals surface area contributed by atoms with Crippen LogP contribution in [0.1, 0.15) is 31.8 Å². The third-order valence-corrected chi connectivity index (χ3v) is 2.26. The third kappa shape index (κ3) is 2.27. The number of hydrogen-bond acceptors (Lipinski definition) is 2. The molecule has 1 aromatic rings. The predicted molar refractivity (Wildman–Crippen MR) is 54.7 cm³/mol. The van der Waals surface area contributed by atoms with E-state index in [1.807, 2.05) is 0 Å². The Morgan fingerprint density at radius 2 is 1.60 bits per heavy atom. The summed E-state index contributed by atoms with van der Waals surface area (Å²) < 4.78 is 0. The highest BCUT2D eigenvalue weighted by Crippen LogP contribution is 2.20. The number of aromatic carboxylic acids is 2. The van der Waals surface area contributed by atoms with Gasteiger partial charge in [-0.25, -0.2) is 9.59 Å². The maximum atomic E-state index is 10.9. The highest BCUT2D eigenvalue weighted by atomic mass is 35.5. The SMILES string of the molecule is Cc1cc(C(=O)O)c(CCl)c(C(=O)O)c1. The number of carboxylic acids is 2. The highest BCUT2D eigenvalue weighted by Gasteiger charge is 2.18. The molecule has 0 aliphatic rings.